The van der Waals surface area contributed by atoms with Crippen molar-refractivity contribution in [2.45, 2.75) is 26.8 Å². The van der Waals surface area contributed by atoms with Crippen LogP contribution in [-0.4, -0.2) is 49.1 Å². The second-order valence-corrected chi connectivity index (χ2v) is 7.49. The zero-order valence-electron chi connectivity index (χ0n) is 15.3. The predicted octanol–water partition coefficient (Wildman–Crippen LogP) is 2.91. The summed E-state index contributed by atoms with van der Waals surface area (Å²) < 4.78 is 0. The third-order valence-corrected chi connectivity index (χ3v) is 5.65. The monoisotopic (exact) mass is 357 g/mol. The zero-order valence-corrected chi connectivity index (χ0v) is 16.1. The third kappa shape index (κ3) is 4.51. The van der Waals surface area contributed by atoms with Crippen LogP contribution >= 0.6 is 11.3 Å². The van der Waals surface area contributed by atoms with Crippen LogP contribution in [0.5, 0.6) is 0 Å². The standard InChI is InChI=1S/C19H27N5S/c1-4-17-13-21-18(25-17)14-22-19(20-3)24-10-8-23(9-11-24)16-7-5-6-15(2)12-16/h5-7,12-13H,4,8-11,14H2,1-3H3,(H,20,22). The molecule has 0 aliphatic carbocycles. The van der Waals surface area contributed by atoms with Gasteiger partial charge in [-0.3, -0.25) is 4.99 Å². The first-order valence-corrected chi connectivity index (χ1v) is 9.72. The van der Waals surface area contributed by atoms with E-state index in [0.717, 1.165) is 50.1 Å². The number of thiazole rings is 1. The Kier molecular flexibility index (Phi) is 5.91. The van der Waals surface area contributed by atoms with Gasteiger partial charge >= 0.3 is 0 Å². The Morgan fingerprint density at radius 1 is 1.28 bits per heavy atom. The number of piperazine rings is 1. The molecule has 1 aliphatic heterocycles. The summed E-state index contributed by atoms with van der Waals surface area (Å²) in [5.41, 5.74) is 2.63. The highest BCUT2D eigenvalue weighted by molar-refractivity contribution is 7.11. The largest absolute Gasteiger partial charge is 0.368 e. The maximum atomic E-state index is 4.47. The van der Waals surface area contributed by atoms with Gasteiger partial charge in [-0.05, 0) is 31.0 Å². The van der Waals surface area contributed by atoms with Gasteiger partial charge in [-0.25, -0.2) is 4.98 Å². The molecule has 1 N–H and O–H groups in total. The molecule has 134 valence electrons. The van der Waals surface area contributed by atoms with Crippen LogP contribution < -0.4 is 10.2 Å². The molecule has 0 saturated carbocycles. The lowest BCUT2D eigenvalue weighted by Crippen LogP contribution is -2.52. The number of hydrogen-bond acceptors (Lipinski definition) is 4. The van der Waals surface area contributed by atoms with E-state index in [1.54, 1.807) is 11.3 Å². The Labute approximate surface area is 154 Å². The van der Waals surface area contributed by atoms with E-state index >= 15 is 0 Å². The van der Waals surface area contributed by atoms with Crippen molar-refractivity contribution < 1.29 is 0 Å². The SMILES string of the molecule is CCc1cnc(CNC(=NC)N2CCN(c3cccc(C)c3)CC2)s1. The summed E-state index contributed by atoms with van der Waals surface area (Å²) in [5.74, 6) is 0.970. The molecule has 5 nitrogen and oxygen atoms in total. The van der Waals surface area contributed by atoms with E-state index in [1.165, 1.54) is 16.1 Å². The molecule has 0 spiro atoms. The summed E-state index contributed by atoms with van der Waals surface area (Å²) in [6.45, 7) is 9.04. The Morgan fingerprint density at radius 2 is 2.08 bits per heavy atom. The summed E-state index contributed by atoms with van der Waals surface area (Å²) in [6, 6.07) is 8.74. The fraction of sp³-hybridized carbons (Fsp3) is 0.474. The Bertz CT molecular complexity index is 716. The molecule has 2 heterocycles. The molecule has 1 aromatic heterocycles. The lowest BCUT2D eigenvalue weighted by atomic mass is 10.2. The van der Waals surface area contributed by atoms with E-state index in [4.69, 9.17) is 0 Å². The van der Waals surface area contributed by atoms with E-state index in [0.29, 0.717) is 0 Å². The highest BCUT2D eigenvalue weighted by Crippen LogP contribution is 2.18. The van der Waals surface area contributed by atoms with Crippen molar-refractivity contribution in [2.75, 3.05) is 38.1 Å². The van der Waals surface area contributed by atoms with Gasteiger partial charge < -0.3 is 15.1 Å². The van der Waals surface area contributed by atoms with Crippen molar-refractivity contribution in [3.05, 3.63) is 45.9 Å². The molecule has 2 aromatic rings. The number of rotatable bonds is 4. The molecule has 0 radical (unpaired) electrons. The van der Waals surface area contributed by atoms with Crippen molar-refractivity contribution >= 4 is 23.0 Å². The molecule has 1 aliphatic rings. The lowest BCUT2D eigenvalue weighted by molar-refractivity contribution is 0.372. The summed E-state index contributed by atoms with van der Waals surface area (Å²) in [7, 11) is 1.86. The van der Waals surface area contributed by atoms with Crippen molar-refractivity contribution in [1.82, 2.24) is 15.2 Å². The van der Waals surface area contributed by atoms with Gasteiger partial charge in [-0.15, -0.1) is 11.3 Å². The van der Waals surface area contributed by atoms with Crippen molar-refractivity contribution in [3.63, 3.8) is 0 Å². The minimum Gasteiger partial charge on any atom is -0.368 e. The number of aliphatic imine (C=N–C) groups is 1. The van der Waals surface area contributed by atoms with Gasteiger partial charge in [0.1, 0.15) is 5.01 Å². The number of anilines is 1. The molecular weight excluding hydrogens is 330 g/mol. The van der Waals surface area contributed by atoms with E-state index in [2.05, 4.69) is 63.2 Å². The molecule has 1 fully saturated rings. The summed E-state index contributed by atoms with van der Waals surface area (Å²) >= 11 is 1.78. The first-order valence-electron chi connectivity index (χ1n) is 8.90. The van der Waals surface area contributed by atoms with E-state index in [9.17, 15) is 0 Å². The second-order valence-electron chi connectivity index (χ2n) is 6.29. The van der Waals surface area contributed by atoms with Crippen LogP contribution in [0.15, 0.2) is 35.5 Å². The molecule has 0 amide bonds. The predicted molar refractivity (Wildman–Crippen MR) is 107 cm³/mol. The fourth-order valence-electron chi connectivity index (χ4n) is 3.08. The topological polar surface area (TPSA) is 43.8 Å². The number of aromatic nitrogens is 1. The van der Waals surface area contributed by atoms with Crippen LogP contribution in [0.25, 0.3) is 0 Å². The zero-order chi connectivity index (χ0) is 17.6. The molecule has 0 unspecified atom stereocenters. The van der Waals surface area contributed by atoms with Gasteiger partial charge in [0.25, 0.3) is 0 Å². The average molecular weight is 358 g/mol. The maximum Gasteiger partial charge on any atom is 0.194 e. The second kappa shape index (κ2) is 8.34. The van der Waals surface area contributed by atoms with Crippen LogP contribution in [0, 0.1) is 6.92 Å². The number of aryl methyl sites for hydroxylation is 2. The maximum absolute atomic E-state index is 4.47. The molecule has 25 heavy (non-hydrogen) atoms. The Hall–Kier alpha value is -2.08. The van der Waals surface area contributed by atoms with Crippen LogP contribution in [-0.2, 0) is 13.0 Å². The van der Waals surface area contributed by atoms with Gasteiger partial charge in [-0.2, -0.15) is 0 Å². The van der Waals surface area contributed by atoms with Crippen molar-refractivity contribution in [2.24, 2.45) is 4.99 Å². The molecule has 6 heteroatoms. The summed E-state index contributed by atoms with van der Waals surface area (Å²) in [4.78, 5) is 15.0. The number of nitrogens with zero attached hydrogens (tertiary/aromatic N) is 4. The van der Waals surface area contributed by atoms with E-state index in [-0.39, 0.29) is 0 Å². The molecule has 3 rings (SSSR count). The molecule has 1 aromatic carbocycles. The minimum absolute atomic E-state index is 0.745. The summed E-state index contributed by atoms with van der Waals surface area (Å²) in [5, 5.41) is 4.58. The van der Waals surface area contributed by atoms with E-state index < -0.39 is 0 Å². The van der Waals surface area contributed by atoms with Crippen molar-refractivity contribution in [3.8, 4) is 0 Å². The highest BCUT2D eigenvalue weighted by atomic mass is 32.1. The van der Waals surface area contributed by atoms with E-state index in [1.807, 2.05) is 13.2 Å². The van der Waals surface area contributed by atoms with Crippen LogP contribution in [0.2, 0.25) is 0 Å². The first-order chi connectivity index (χ1) is 12.2. The Balaban J connectivity index is 1.53. The minimum atomic E-state index is 0.745. The van der Waals surface area contributed by atoms with Crippen LogP contribution in [0.3, 0.4) is 0 Å². The van der Waals surface area contributed by atoms with Gasteiger partial charge in [0, 0.05) is 50.0 Å². The number of nitrogens with one attached hydrogen (secondary N) is 1. The first kappa shape index (κ1) is 17.7. The molecule has 1 saturated heterocycles. The molecular formula is C19H27N5S. The molecule has 0 atom stereocenters. The van der Waals surface area contributed by atoms with Crippen molar-refractivity contribution in [1.29, 1.82) is 0 Å². The summed E-state index contributed by atoms with van der Waals surface area (Å²) in [6.07, 6.45) is 3.03. The smallest absolute Gasteiger partial charge is 0.194 e. The van der Waals surface area contributed by atoms with Gasteiger partial charge in [-0.1, -0.05) is 19.1 Å². The molecule has 0 bridgehead atoms. The average Bonchev–Trinajstić information content (AvgIpc) is 3.11. The third-order valence-electron chi connectivity index (χ3n) is 4.51. The van der Waals surface area contributed by atoms with Gasteiger partial charge in [0.15, 0.2) is 5.96 Å². The van der Waals surface area contributed by atoms with Gasteiger partial charge in [0.2, 0.25) is 0 Å². The number of hydrogen-bond donors (Lipinski definition) is 1. The number of guanidine groups is 1. The van der Waals surface area contributed by atoms with Gasteiger partial charge in [0.05, 0.1) is 6.54 Å². The fourth-order valence-corrected chi connectivity index (χ4v) is 3.88. The van der Waals surface area contributed by atoms with Crippen LogP contribution in [0.1, 0.15) is 22.4 Å². The van der Waals surface area contributed by atoms with Crippen LogP contribution in [0.4, 0.5) is 5.69 Å². The normalized spacial score (nSPS) is 15.6. The highest BCUT2D eigenvalue weighted by Gasteiger charge is 2.20. The number of benzene rings is 1. The Morgan fingerprint density at radius 3 is 2.72 bits per heavy atom. The lowest BCUT2D eigenvalue weighted by Gasteiger charge is -2.37. The quantitative estimate of drug-likeness (QED) is 0.675.